The first-order chi connectivity index (χ1) is 39.1. The number of benzene rings is 10. The summed E-state index contributed by atoms with van der Waals surface area (Å²) in [6.45, 7) is 9.10. The van der Waals surface area contributed by atoms with Crippen molar-refractivity contribution in [3.63, 3.8) is 0 Å². The summed E-state index contributed by atoms with van der Waals surface area (Å²) >= 11 is 0. The molecule has 0 N–H and O–H groups in total. The Morgan fingerprint density at radius 3 is 1.23 bits per heavy atom. The molecular weight excluding hydrogens is 957 g/mol. The fourth-order valence-corrected chi connectivity index (χ4v) is 15.3. The molecule has 2 atom stereocenters. The third-order valence-electron chi connectivity index (χ3n) is 18.3. The van der Waals surface area contributed by atoms with E-state index in [4.69, 9.17) is 0 Å². The summed E-state index contributed by atoms with van der Waals surface area (Å²) in [6, 6.07) is 84.6. The molecule has 372 valence electrons. The first-order valence-corrected chi connectivity index (χ1v) is 27.8. The Balaban J connectivity index is 1.01. The second-order valence-corrected chi connectivity index (χ2v) is 21.9. The van der Waals surface area contributed by atoms with Crippen LogP contribution in [-0.2, 0) is 5.41 Å². The van der Waals surface area contributed by atoms with Crippen LogP contribution in [0.25, 0.3) is 122 Å². The molecule has 14 aromatic rings. The average molecular weight is 1010 g/mol. The molecule has 0 radical (unpaired) electrons. The van der Waals surface area contributed by atoms with E-state index in [-0.39, 0.29) is 12.0 Å². The van der Waals surface area contributed by atoms with E-state index in [2.05, 4.69) is 287 Å². The lowest BCUT2D eigenvalue weighted by Gasteiger charge is -2.40. The van der Waals surface area contributed by atoms with Crippen molar-refractivity contribution in [1.29, 1.82) is 0 Å². The maximum atomic E-state index is 4.48. The van der Waals surface area contributed by atoms with Crippen LogP contribution in [0.5, 0.6) is 0 Å². The summed E-state index contributed by atoms with van der Waals surface area (Å²) < 4.78 is 10.1. The number of hydrogen-bond acceptors (Lipinski definition) is 0. The number of nitrogens with zero attached hydrogens (tertiary/aromatic N) is 4. The van der Waals surface area contributed by atoms with Crippen molar-refractivity contribution >= 4 is 94.0 Å². The molecule has 0 amide bonds. The van der Waals surface area contributed by atoms with Crippen molar-refractivity contribution in [3.05, 3.63) is 288 Å². The lowest BCUT2D eigenvalue weighted by Crippen LogP contribution is -2.34. The van der Waals surface area contributed by atoms with Gasteiger partial charge >= 0.3 is 0 Å². The van der Waals surface area contributed by atoms with Crippen LogP contribution in [0.2, 0.25) is 0 Å². The molecule has 4 aromatic heterocycles. The Hall–Kier alpha value is -9.90. The maximum Gasteiger partial charge on any atom is 0.0694 e. The molecule has 17 rings (SSSR count). The largest absolute Gasteiger partial charge is 0.333 e. The van der Waals surface area contributed by atoms with Crippen molar-refractivity contribution < 1.29 is 0 Å². The highest BCUT2D eigenvalue weighted by Crippen LogP contribution is 2.66. The number of rotatable bonds is 6. The molecule has 79 heavy (non-hydrogen) atoms. The molecule has 0 fully saturated rings. The van der Waals surface area contributed by atoms with Gasteiger partial charge in [0.05, 0.1) is 44.7 Å². The van der Waals surface area contributed by atoms with Gasteiger partial charge < -0.3 is 18.3 Å². The van der Waals surface area contributed by atoms with Crippen molar-refractivity contribution in [3.8, 4) is 28.2 Å². The highest BCUT2D eigenvalue weighted by Gasteiger charge is 2.56. The van der Waals surface area contributed by atoms with Gasteiger partial charge in [-0.05, 0) is 136 Å². The van der Waals surface area contributed by atoms with Crippen LogP contribution in [0.1, 0.15) is 53.4 Å². The molecule has 3 aliphatic carbocycles. The Bertz CT molecular complexity index is 4770. The van der Waals surface area contributed by atoms with Gasteiger partial charge in [-0.3, -0.25) is 0 Å². The fourth-order valence-electron chi connectivity index (χ4n) is 15.3. The Morgan fingerprint density at radius 1 is 0.418 bits per heavy atom. The third kappa shape index (κ3) is 5.72. The number of hydrogen-bond donors (Lipinski definition) is 0. The second-order valence-electron chi connectivity index (χ2n) is 21.9. The van der Waals surface area contributed by atoms with E-state index in [1.807, 2.05) is 6.08 Å². The lowest BCUT2D eigenvalue weighted by atomic mass is 9.64. The fraction of sp³-hybridized carbons (Fsp3) is 0.0667. The summed E-state index contributed by atoms with van der Waals surface area (Å²) in [5, 5.41) is 8.78. The molecule has 4 heteroatoms. The van der Waals surface area contributed by atoms with Gasteiger partial charge in [-0.15, -0.1) is 0 Å². The highest BCUT2D eigenvalue weighted by molar-refractivity contribution is 6.12. The SMILES string of the molecule is C=Cc1c(/C=C\C)c2ccccc2n1-c1ccc2c(c1)C1(C3=C2C=CC(n2c4ccccc4c4ccccc42)C3C)c2cc(-n3c4ccccc4c4ccccc43)ccc2-c2ccc(-n3c4ccccc4c4ccccc43)cc21. The standard InChI is InChI=1S/C75H52N4/c1-4-20-53-54-21-6-13-28-67(54)76(65(53)5-2)47-37-40-52-61-41-42-66(79-72-33-18-11-26-59(72)60-27-12-19-34-73(60)79)46(3)74(61)75(64(52)43-47)62-44-48(77-68-29-14-7-22-55(68)56-23-8-15-30-69(56)77)35-38-50(62)51-39-36-49(45-63(51)75)78-70-31-16-9-24-57(70)58-25-10-17-32-71(58)78/h4-46,66H,2H2,1,3H3/b20-4-. The minimum absolute atomic E-state index is 0.00638. The van der Waals surface area contributed by atoms with Crippen LogP contribution in [0.4, 0.5) is 0 Å². The van der Waals surface area contributed by atoms with Gasteiger partial charge in [0.15, 0.2) is 0 Å². The summed E-state index contributed by atoms with van der Waals surface area (Å²) in [7, 11) is 0. The first-order valence-electron chi connectivity index (χ1n) is 27.8. The molecule has 3 aliphatic rings. The zero-order valence-electron chi connectivity index (χ0n) is 43.9. The minimum Gasteiger partial charge on any atom is -0.333 e. The van der Waals surface area contributed by atoms with Crippen LogP contribution in [0.15, 0.2) is 255 Å². The molecule has 10 aromatic carbocycles. The maximum absolute atomic E-state index is 4.48. The van der Waals surface area contributed by atoms with E-state index >= 15 is 0 Å². The summed E-state index contributed by atoms with van der Waals surface area (Å²) in [4.78, 5) is 0. The number of para-hydroxylation sites is 7. The quantitative estimate of drug-likeness (QED) is 0.158. The molecular formula is C75H52N4. The van der Waals surface area contributed by atoms with E-state index in [9.17, 15) is 0 Å². The third-order valence-corrected chi connectivity index (χ3v) is 18.3. The van der Waals surface area contributed by atoms with Crippen LogP contribution in [0.3, 0.4) is 0 Å². The smallest absolute Gasteiger partial charge is 0.0694 e. The Kier molecular flexibility index (Phi) is 9.14. The van der Waals surface area contributed by atoms with E-state index in [0.29, 0.717) is 0 Å². The van der Waals surface area contributed by atoms with E-state index in [1.165, 1.54) is 121 Å². The van der Waals surface area contributed by atoms with Crippen molar-refractivity contribution in [1.82, 2.24) is 18.3 Å². The Morgan fingerprint density at radius 2 is 0.785 bits per heavy atom. The number of allylic oxidation sites excluding steroid dienone is 5. The molecule has 0 saturated heterocycles. The summed E-state index contributed by atoms with van der Waals surface area (Å²) in [5.41, 5.74) is 23.9. The lowest BCUT2D eigenvalue weighted by molar-refractivity contribution is 0.456. The average Bonchev–Trinajstić information content (AvgIpc) is 4.00. The van der Waals surface area contributed by atoms with E-state index < -0.39 is 5.41 Å². The Labute approximate surface area is 457 Å². The van der Waals surface area contributed by atoms with Gasteiger partial charge in [0.2, 0.25) is 0 Å². The zero-order chi connectivity index (χ0) is 52.3. The molecule has 4 nitrogen and oxygen atoms in total. The van der Waals surface area contributed by atoms with Crippen LogP contribution in [0, 0.1) is 5.92 Å². The second kappa shape index (κ2) is 16.3. The van der Waals surface area contributed by atoms with Gasteiger partial charge in [0, 0.05) is 77.3 Å². The summed E-state index contributed by atoms with van der Waals surface area (Å²) in [5.74, 6) is 0.0418. The van der Waals surface area contributed by atoms with Crippen molar-refractivity contribution in [2.24, 2.45) is 5.92 Å². The summed E-state index contributed by atoms with van der Waals surface area (Å²) in [6.07, 6.45) is 11.4. The molecule has 0 aliphatic heterocycles. The van der Waals surface area contributed by atoms with Gasteiger partial charge in [-0.25, -0.2) is 0 Å². The highest BCUT2D eigenvalue weighted by atomic mass is 15.0. The molecule has 0 bridgehead atoms. The normalized spacial score (nSPS) is 16.2. The van der Waals surface area contributed by atoms with E-state index in [1.54, 1.807) is 0 Å². The van der Waals surface area contributed by atoms with Gasteiger partial charge in [0.1, 0.15) is 0 Å². The minimum atomic E-state index is -0.737. The number of aromatic nitrogens is 4. The van der Waals surface area contributed by atoms with Gasteiger partial charge in [0.25, 0.3) is 0 Å². The van der Waals surface area contributed by atoms with Crippen LogP contribution >= 0.6 is 0 Å². The predicted octanol–water partition coefficient (Wildman–Crippen LogP) is 19.1. The van der Waals surface area contributed by atoms with Crippen LogP contribution < -0.4 is 0 Å². The molecule has 2 unspecified atom stereocenters. The van der Waals surface area contributed by atoms with Crippen molar-refractivity contribution in [2.75, 3.05) is 0 Å². The van der Waals surface area contributed by atoms with Gasteiger partial charge in [-0.2, -0.15) is 0 Å². The zero-order valence-corrected chi connectivity index (χ0v) is 43.9. The molecule has 4 heterocycles. The predicted molar refractivity (Wildman–Crippen MR) is 332 cm³/mol. The monoisotopic (exact) mass is 1010 g/mol. The first kappa shape index (κ1) is 44.2. The van der Waals surface area contributed by atoms with E-state index in [0.717, 1.165) is 28.3 Å². The van der Waals surface area contributed by atoms with Crippen molar-refractivity contribution in [2.45, 2.75) is 25.3 Å². The molecule has 0 saturated carbocycles. The van der Waals surface area contributed by atoms with Gasteiger partial charge in [-0.1, -0.05) is 183 Å². The topological polar surface area (TPSA) is 19.7 Å². The molecule has 1 spiro atoms. The van der Waals surface area contributed by atoms with Crippen LogP contribution in [-0.4, -0.2) is 18.3 Å². The number of fused-ring (bicyclic) bond motifs is 19.